The van der Waals surface area contributed by atoms with Crippen LogP contribution in [0.5, 0.6) is 0 Å². The summed E-state index contributed by atoms with van der Waals surface area (Å²) in [6.07, 6.45) is 0. The van der Waals surface area contributed by atoms with Gasteiger partial charge in [-0.2, -0.15) is 5.16 Å². The first-order valence-electron chi connectivity index (χ1n) is 1.60. The molecule has 0 unspecified atom stereocenters. The number of nitrogens with two attached hydrogens (primary N) is 1. The highest BCUT2D eigenvalue weighted by atomic mass is 16.6. The minimum Gasteiger partial charge on any atom is -0.376 e. The average Bonchev–Trinajstić information content (AvgIpc) is 1.91. The molecule has 1 heterocycles. The molecule has 0 fully saturated rings. The molecule has 1 aromatic heterocycles. The van der Waals surface area contributed by atoms with Gasteiger partial charge in [0.2, 0.25) is 5.82 Å². The van der Waals surface area contributed by atoms with Crippen molar-refractivity contribution in [3.05, 3.63) is 10.4 Å². The minimum absolute atomic E-state index is 0.139. The van der Waals surface area contributed by atoms with Gasteiger partial charge >= 0.3 is 5.56 Å². The Morgan fingerprint density at radius 1 is 1.86 bits per heavy atom. The van der Waals surface area contributed by atoms with Gasteiger partial charge in [-0.1, -0.05) is 0 Å². The minimum atomic E-state index is -0.486. The summed E-state index contributed by atoms with van der Waals surface area (Å²) in [5, 5.41) is 4.95. The second-order valence-corrected chi connectivity index (χ2v) is 0.999. The van der Waals surface area contributed by atoms with E-state index in [-0.39, 0.29) is 5.82 Å². The maximum atomic E-state index is 10.1. The van der Waals surface area contributed by atoms with Gasteiger partial charge in [0.25, 0.3) is 0 Å². The summed E-state index contributed by atoms with van der Waals surface area (Å²) in [6, 6.07) is 0. The zero-order valence-corrected chi connectivity index (χ0v) is 3.34. The Hall–Kier alpha value is -1.26. The number of hydrogen-bond donors (Lipinski definition) is 2. The zero-order chi connectivity index (χ0) is 5.28. The van der Waals surface area contributed by atoms with Gasteiger partial charge in [-0.05, 0) is 5.16 Å². The molecule has 0 saturated heterocycles. The highest BCUT2D eigenvalue weighted by molar-refractivity contribution is 5.18. The summed E-state index contributed by atoms with van der Waals surface area (Å²) in [5.41, 5.74) is 4.41. The van der Waals surface area contributed by atoms with Crippen LogP contribution in [-0.2, 0) is 0 Å². The number of nitrogen functional groups attached to an aromatic ring is 1. The lowest BCUT2D eigenvalue weighted by atomic mass is 10.8. The predicted molar refractivity (Wildman–Crippen MR) is 21.5 cm³/mol. The van der Waals surface area contributed by atoms with Gasteiger partial charge in [-0.25, -0.2) is 0 Å². The lowest BCUT2D eigenvalue weighted by Gasteiger charge is -1.62. The first-order chi connectivity index (χ1) is 3.30. The fourth-order valence-corrected chi connectivity index (χ4v) is 0.207. The van der Waals surface area contributed by atoms with Gasteiger partial charge in [-0.3, -0.25) is 9.42 Å². The average molecular weight is 101 g/mol. The molecule has 38 valence electrons. The van der Waals surface area contributed by atoms with Crippen molar-refractivity contribution in [3.63, 3.8) is 0 Å². The number of nitrogens with zero attached hydrogens (tertiary/aromatic N) is 1. The monoisotopic (exact) mass is 101 g/mol. The van der Waals surface area contributed by atoms with E-state index < -0.39 is 5.56 Å². The SMILES string of the molecule is Nc1no[nH]c1=O. The number of anilines is 1. The van der Waals surface area contributed by atoms with Crippen LogP contribution in [0.3, 0.4) is 0 Å². The number of nitrogens with one attached hydrogen (secondary N) is 1. The van der Waals surface area contributed by atoms with Gasteiger partial charge in [0.15, 0.2) is 0 Å². The third kappa shape index (κ3) is 0.466. The van der Waals surface area contributed by atoms with Crippen LogP contribution in [0.1, 0.15) is 0 Å². The molecule has 0 spiro atoms. The van der Waals surface area contributed by atoms with Crippen LogP contribution in [0.4, 0.5) is 5.82 Å². The smallest absolute Gasteiger partial charge is 0.324 e. The molecule has 5 nitrogen and oxygen atoms in total. The third-order valence-electron chi connectivity index (χ3n) is 0.515. The van der Waals surface area contributed by atoms with Crippen molar-refractivity contribution in [2.24, 2.45) is 0 Å². The van der Waals surface area contributed by atoms with E-state index in [2.05, 4.69) is 9.79 Å². The molecule has 0 aliphatic carbocycles. The van der Waals surface area contributed by atoms with Crippen molar-refractivity contribution < 1.29 is 4.63 Å². The molecular weight excluding hydrogens is 98.0 g/mol. The molecule has 0 aliphatic rings. The highest BCUT2D eigenvalue weighted by Gasteiger charge is 1.91. The zero-order valence-electron chi connectivity index (χ0n) is 3.34. The first kappa shape index (κ1) is 3.91. The molecule has 3 N–H and O–H groups in total. The molecule has 7 heavy (non-hydrogen) atoms. The second-order valence-electron chi connectivity index (χ2n) is 0.999. The Bertz CT molecular complexity index is 199. The molecule has 1 aromatic rings. The first-order valence-corrected chi connectivity index (χ1v) is 1.60. The van der Waals surface area contributed by atoms with Crippen LogP contribution in [0, 0.1) is 0 Å². The molecule has 0 bridgehead atoms. The molecule has 0 amide bonds. The summed E-state index contributed by atoms with van der Waals surface area (Å²) in [6.45, 7) is 0. The predicted octanol–water partition coefficient (Wildman–Crippen LogP) is -1.05. The Kier molecular flexibility index (Phi) is 0.619. The molecule has 0 atom stereocenters. The van der Waals surface area contributed by atoms with E-state index >= 15 is 0 Å². The van der Waals surface area contributed by atoms with Crippen molar-refractivity contribution in [1.82, 2.24) is 10.3 Å². The van der Waals surface area contributed by atoms with E-state index in [0.717, 1.165) is 0 Å². The largest absolute Gasteiger partial charge is 0.376 e. The van der Waals surface area contributed by atoms with E-state index in [1.54, 1.807) is 0 Å². The fraction of sp³-hybridized carbons (Fsp3) is 0. The van der Waals surface area contributed by atoms with Crippen LogP contribution < -0.4 is 11.3 Å². The van der Waals surface area contributed by atoms with Gasteiger partial charge in [-0.15, -0.1) is 0 Å². The van der Waals surface area contributed by atoms with Crippen molar-refractivity contribution in [1.29, 1.82) is 0 Å². The van der Waals surface area contributed by atoms with E-state index in [1.807, 2.05) is 5.16 Å². The molecule has 5 heteroatoms. The van der Waals surface area contributed by atoms with Crippen LogP contribution >= 0.6 is 0 Å². The summed E-state index contributed by atoms with van der Waals surface area (Å²) < 4.78 is 4.03. The standard InChI is InChI=1S/C2H3N3O2/c3-1-2(6)5-7-4-1/h(H2,3,4)(H,5,6). The number of H-pyrrole nitrogens is 1. The summed E-state index contributed by atoms with van der Waals surface area (Å²) in [4.78, 5) is 10.1. The maximum Gasteiger partial charge on any atom is 0.324 e. The third-order valence-corrected chi connectivity index (χ3v) is 0.515. The molecular formula is C2H3N3O2. The molecule has 0 aliphatic heterocycles. The summed E-state index contributed by atoms with van der Waals surface area (Å²) >= 11 is 0. The van der Waals surface area contributed by atoms with Gasteiger partial charge < -0.3 is 5.73 Å². The fourth-order valence-electron chi connectivity index (χ4n) is 0.207. The van der Waals surface area contributed by atoms with Crippen LogP contribution in [0.2, 0.25) is 0 Å². The number of hydrogen-bond acceptors (Lipinski definition) is 4. The van der Waals surface area contributed by atoms with Crippen molar-refractivity contribution >= 4 is 5.82 Å². The Morgan fingerprint density at radius 2 is 2.57 bits per heavy atom. The van der Waals surface area contributed by atoms with Crippen molar-refractivity contribution in [2.75, 3.05) is 5.73 Å². The quantitative estimate of drug-likeness (QED) is 0.436. The van der Waals surface area contributed by atoms with E-state index in [1.165, 1.54) is 0 Å². The van der Waals surface area contributed by atoms with Crippen LogP contribution in [-0.4, -0.2) is 10.3 Å². The number of aromatic nitrogens is 2. The molecule has 0 aromatic carbocycles. The van der Waals surface area contributed by atoms with E-state index in [9.17, 15) is 4.79 Å². The van der Waals surface area contributed by atoms with Crippen molar-refractivity contribution in [3.8, 4) is 0 Å². The second kappa shape index (κ2) is 1.11. The summed E-state index contributed by atoms with van der Waals surface area (Å²) in [7, 11) is 0. The Balaban J connectivity index is 3.39. The normalized spacial score (nSPS) is 9.14. The van der Waals surface area contributed by atoms with Gasteiger partial charge in [0.1, 0.15) is 0 Å². The van der Waals surface area contributed by atoms with E-state index in [4.69, 9.17) is 5.73 Å². The lowest BCUT2D eigenvalue weighted by molar-refractivity contribution is 0.305. The van der Waals surface area contributed by atoms with Crippen LogP contribution in [0.15, 0.2) is 9.42 Å². The van der Waals surface area contributed by atoms with Gasteiger partial charge in [0.05, 0.1) is 0 Å². The number of aromatic amines is 1. The van der Waals surface area contributed by atoms with Crippen LogP contribution in [0.25, 0.3) is 0 Å². The topological polar surface area (TPSA) is 84.9 Å². The number of rotatable bonds is 0. The van der Waals surface area contributed by atoms with Crippen molar-refractivity contribution in [2.45, 2.75) is 0 Å². The Labute approximate surface area is 38.1 Å². The van der Waals surface area contributed by atoms with Gasteiger partial charge in [0, 0.05) is 0 Å². The molecule has 1 rings (SSSR count). The maximum absolute atomic E-state index is 10.1. The Morgan fingerprint density at radius 3 is 2.71 bits per heavy atom. The molecule has 0 saturated carbocycles. The molecule has 0 radical (unpaired) electrons. The summed E-state index contributed by atoms with van der Waals surface area (Å²) in [5.74, 6) is -0.139. The van der Waals surface area contributed by atoms with E-state index in [0.29, 0.717) is 0 Å². The highest BCUT2D eigenvalue weighted by Crippen LogP contribution is 1.74. The lowest BCUT2D eigenvalue weighted by Crippen LogP contribution is -2.04.